The molecule has 0 fully saturated rings. The Morgan fingerprint density at radius 2 is 1.56 bits per heavy atom. The molecule has 0 amide bonds. The Morgan fingerprint density at radius 3 is 2.44 bits per heavy atom. The maximum absolute atomic E-state index is 12.0. The maximum Gasteiger partial charge on any atom is 0.226 e. The Balaban J connectivity index is 2.18. The highest BCUT2D eigenvalue weighted by molar-refractivity contribution is 8.14. The molecule has 1 N–H and O–H groups in total. The van der Waals surface area contributed by atoms with Gasteiger partial charge in [-0.05, 0) is 36.0 Å². The molecular weight excluding hydrogens is 218 g/mol. The maximum atomic E-state index is 12.0. The van der Waals surface area contributed by atoms with Crippen molar-refractivity contribution in [3.63, 3.8) is 0 Å². The Labute approximate surface area is 97.7 Å². The summed E-state index contributed by atoms with van der Waals surface area (Å²) >= 11 is 1.27. The molecule has 0 aromatic heterocycles. The van der Waals surface area contributed by atoms with Crippen LogP contribution in [0.3, 0.4) is 0 Å². The summed E-state index contributed by atoms with van der Waals surface area (Å²) in [6, 6.07) is 15.4. The van der Waals surface area contributed by atoms with Crippen LogP contribution in [0, 0.1) is 0 Å². The largest absolute Gasteiger partial charge is 0.354 e. The van der Waals surface area contributed by atoms with Gasteiger partial charge in [0.25, 0.3) is 0 Å². The van der Waals surface area contributed by atoms with Gasteiger partial charge in [-0.1, -0.05) is 24.3 Å². The highest BCUT2D eigenvalue weighted by Crippen LogP contribution is 2.37. The van der Waals surface area contributed by atoms with Gasteiger partial charge in [-0.2, -0.15) is 0 Å². The fraction of sp³-hybridized carbons (Fsp3) is 0. The summed E-state index contributed by atoms with van der Waals surface area (Å²) in [7, 11) is 0. The number of benzene rings is 2. The molecule has 1 aliphatic rings. The Hall–Kier alpha value is -1.74. The van der Waals surface area contributed by atoms with Crippen LogP contribution in [0.15, 0.2) is 53.4 Å². The van der Waals surface area contributed by atoms with Gasteiger partial charge in [0, 0.05) is 4.90 Å². The lowest BCUT2D eigenvalue weighted by molar-refractivity contribution is 0.109. The summed E-state index contributed by atoms with van der Waals surface area (Å²) in [5, 5.41) is 3.38. The van der Waals surface area contributed by atoms with E-state index in [2.05, 4.69) is 5.32 Å². The first-order valence-electron chi connectivity index (χ1n) is 5.02. The number of para-hydroxylation sites is 2. The lowest BCUT2D eigenvalue weighted by atomic mass is 10.2. The Kier molecular flexibility index (Phi) is 2.18. The topological polar surface area (TPSA) is 29.1 Å². The van der Waals surface area contributed by atoms with E-state index >= 15 is 0 Å². The number of hydrogen-bond donors (Lipinski definition) is 1. The molecule has 0 saturated heterocycles. The minimum atomic E-state index is 0.0908. The van der Waals surface area contributed by atoms with Crippen LogP contribution >= 0.6 is 11.8 Å². The smallest absolute Gasteiger partial charge is 0.226 e. The van der Waals surface area contributed by atoms with E-state index in [1.165, 1.54) is 11.8 Å². The van der Waals surface area contributed by atoms with Crippen molar-refractivity contribution < 1.29 is 4.79 Å². The van der Waals surface area contributed by atoms with Crippen molar-refractivity contribution in [3.05, 3.63) is 54.1 Å². The summed E-state index contributed by atoms with van der Waals surface area (Å²) in [5.41, 5.74) is 2.61. The van der Waals surface area contributed by atoms with Crippen molar-refractivity contribution in [3.8, 4) is 0 Å². The van der Waals surface area contributed by atoms with E-state index in [0.29, 0.717) is 0 Å². The SMILES string of the molecule is O=C1Sc2ccccc2Nc2ccccc21. The predicted octanol–water partition coefficient (Wildman–Crippen LogP) is 3.68. The zero-order valence-corrected chi connectivity index (χ0v) is 9.25. The second-order valence-corrected chi connectivity index (χ2v) is 4.57. The van der Waals surface area contributed by atoms with Crippen molar-refractivity contribution >= 4 is 28.3 Å². The van der Waals surface area contributed by atoms with E-state index in [1.807, 2.05) is 48.5 Å². The van der Waals surface area contributed by atoms with Crippen molar-refractivity contribution in [2.24, 2.45) is 0 Å². The zero-order valence-electron chi connectivity index (χ0n) is 8.44. The summed E-state index contributed by atoms with van der Waals surface area (Å²) < 4.78 is 0. The van der Waals surface area contributed by atoms with Gasteiger partial charge < -0.3 is 5.32 Å². The van der Waals surface area contributed by atoms with E-state index in [-0.39, 0.29) is 5.12 Å². The zero-order chi connectivity index (χ0) is 11.0. The van der Waals surface area contributed by atoms with Crippen LogP contribution in [0.25, 0.3) is 0 Å². The van der Waals surface area contributed by atoms with Crippen molar-refractivity contribution in [2.45, 2.75) is 4.90 Å². The molecule has 2 aromatic rings. The lowest BCUT2D eigenvalue weighted by Gasteiger charge is -2.07. The van der Waals surface area contributed by atoms with Crippen LogP contribution in [0.4, 0.5) is 11.4 Å². The van der Waals surface area contributed by atoms with E-state index in [0.717, 1.165) is 21.8 Å². The average molecular weight is 227 g/mol. The Bertz CT molecular complexity index is 565. The van der Waals surface area contributed by atoms with Crippen LogP contribution in [-0.2, 0) is 0 Å². The number of hydrogen-bond acceptors (Lipinski definition) is 3. The standard InChI is InChI=1S/C13H9NOS/c15-13-9-5-1-2-6-10(9)14-11-7-3-4-8-12(11)16-13/h1-8,14H. The first kappa shape index (κ1) is 9.48. The van der Waals surface area contributed by atoms with Gasteiger partial charge in [0.1, 0.15) is 0 Å². The molecular formula is C13H9NOS. The van der Waals surface area contributed by atoms with Crippen LogP contribution in [0.2, 0.25) is 0 Å². The van der Waals surface area contributed by atoms with Crippen molar-refractivity contribution in [1.82, 2.24) is 0 Å². The monoisotopic (exact) mass is 227 g/mol. The van der Waals surface area contributed by atoms with E-state index in [4.69, 9.17) is 0 Å². The molecule has 1 heterocycles. The number of nitrogens with one attached hydrogen (secondary N) is 1. The van der Waals surface area contributed by atoms with Gasteiger partial charge in [0.15, 0.2) is 0 Å². The molecule has 0 spiro atoms. The minimum absolute atomic E-state index is 0.0908. The van der Waals surface area contributed by atoms with Gasteiger partial charge in [0.05, 0.1) is 16.9 Å². The number of carbonyl (C=O) groups excluding carboxylic acids is 1. The molecule has 0 radical (unpaired) electrons. The average Bonchev–Trinajstić information content (AvgIpc) is 2.45. The van der Waals surface area contributed by atoms with Gasteiger partial charge in [-0.3, -0.25) is 4.79 Å². The number of carbonyl (C=O) groups is 1. The van der Waals surface area contributed by atoms with Crippen LogP contribution < -0.4 is 5.32 Å². The quantitative estimate of drug-likeness (QED) is 0.744. The molecule has 0 bridgehead atoms. The van der Waals surface area contributed by atoms with Crippen molar-refractivity contribution in [1.29, 1.82) is 0 Å². The normalized spacial score (nSPS) is 13.4. The van der Waals surface area contributed by atoms with Crippen LogP contribution in [0.1, 0.15) is 10.4 Å². The highest BCUT2D eigenvalue weighted by Gasteiger charge is 2.18. The molecule has 0 aliphatic carbocycles. The second-order valence-electron chi connectivity index (χ2n) is 3.56. The molecule has 1 aliphatic heterocycles. The number of fused-ring (bicyclic) bond motifs is 2. The van der Waals surface area contributed by atoms with E-state index in [1.54, 1.807) is 0 Å². The summed E-state index contributed by atoms with van der Waals surface area (Å²) in [5.74, 6) is 0. The minimum Gasteiger partial charge on any atom is -0.354 e. The third kappa shape index (κ3) is 1.49. The molecule has 0 unspecified atom stereocenters. The highest BCUT2D eigenvalue weighted by atomic mass is 32.2. The third-order valence-electron chi connectivity index (χ3n) is 2.51. The molecule has 3 rings (SSSR count). The van der Waals surface area contributed by atoms with Gasteiger partial charge in [-0.25, -0.2) is 0 Å². The molecule has 2 aromatic carbocycles. The Morgan fingerprint density at radius 1 is 0.875 bits per heavy atom. The predicted molar refractivity (Wildman–Crippen MR) is 66.4 cm³/mol. The molecule has 16 heavy (non-hydrogen) atoms. The summed E-state index contributed by atoms with van der Waals surface area (Å²) in [6.07, 6.45) is 0. The molecule has 2 nitrogen and oxygen atoms in total. The molecule has 0 atom stereocenters. The number of thioether (sulfide) groups is 1. The third-order valence-corrected chi connectivity index (χ3v) is 3.49. The van der Waals surface area contributed by atoms with E-state index < -0.39 is 0 Å². The number of anilines is 2. The lowest BCUT2D eigenvalue weighted by Crippen LogP contribution is -1.95. The van der Waals surface area contributed by atoms with Crippen LogP contribution in [0.5, 0.6) is 0 Å². The van der Waals surface area contributed by atoms with Gasteiger partial charge >= 0.3 is 0 Å². The second kappa shape index (κ2) is 3.68. The fourth-order valence-electron chi connectivity index (χ4n) is 1.73. The number of rotatable bonds is 0. The molecule has 0 saturated carbocycles. The summed E-state index contributed by atoms with van der Waals surface area (Å²) in [6.45, 7) is 0. The first-order valence-corrected chi connectivity index (χ1v) is 5.83. The molecule has 3 heteroatoms. The van der Waals surface area contributed by atoms with Crippen molar-refractivity contribution in [2.75, 3.05) is 5.32 Å². The van der Waals surface area contributed by atoms with Gasteiger partial charge in [-0.15, -0.1) is 0 Å². The summed E-state index contributed by atoms with van der Waals surface area (Å²) in [4.78, 5) is 13.0. The van der Waals surface area contributed by atoms with Gasteiger partial charge in [0.2, 0.25) is 5.12 Å². The first-order chi connectivity index (χ1) is 7.84. The fourth-order valence-corrected chi connectivity index (χ4v) is 2.59. The van der Waals surface area contributed by atoms with Crippen LogP contribution in [-0.4, -0.2) is 5.12 Å². The molecule has 78 valence electrons. The van der Waals surface area contributed by atoms with E-state index in [9.17, 15) is 4.79 Å².